The number of hydrogen-bond acceptors (Lipinski definition) is 2. The summed E-state index contributed by atoms with van der Waals surface area (Å²) in [6.07, 6.45) is 0. The number of carbonyl (C=O) groups is 1. The molecule has 0 saturated heterocycles. The van der Waals surface area contributed by atoms with E-state index in [1.807, 2.05) is 0 Å². The van der Waals surface area contributed by atoms with Crippen LogP contribution in [0.15, 0.2) is 18.2 Å². The number of benzene rings is 1. The lowest BCUT2D eigenvalue weighted by molar-refractivity contribution is -0.117. The van der Waals surface area contributed by atoms with Crippen molar-refractivity contribution in [2.24, 2.45) is 0 Å². The van der Waals surface area contributed by atoms with Gasteiger partial charge in [0.1, 0.15) is 5.82 Å². The third kappa shape index (κ3) is 3.18. The molecule has 0 bridgehead atoms. The van der Waals surface area contributed by atoms with Gasteiger partial charge in [0.15, 0.2) is 0 Å². The second-order valence-corrected chi connectivity index (χ2v) is 3.56. The fourth-order valence-corrected chi connectivity index (χ4v) is 1.12. The first-order valence-electron chi connectivity index (χ1n) is 4.47. The Morgan fingerprint density at radius 2 is 2.20 bits per heavy atom. The average molecular weight is 231 g/mol. The number of amides is 1. The highest BCUT2D eigenvalue weighted by Gasteiger charge is 2.12. The molecule has 0 aromatic heterocycles. The number of hydrogen-bond donors (Lipinski definition) is 2. The molecule has 0 aliphatic heterocycles. The molecule has 5 heteroatoms. The van der Waals surface area contributed by atoms with E-state index in [0.717, 1.165) is 6.07 Å². The highest BCUT2D eigenvalue weighted by Crippen LogP contribution is 2.18. The van der Waals surface area contributed by atoms with Gasteiger partial charge in [-0.25, -0.2) is 4.39 Å². The second kappa shape index (κ2) is 5.09. The molecule has 1 unspecified atom stereocenters. The lowest BCUT2D eigenvalue weighted by atomic mass is 10.2. The van der Waals surface area contributed by atoms with E-state index in [9.17, 15) is 9.18 Å². The molecule has 15 heavy (non-hydrogen) atoms. The SMILES string of the molecule is CNC(C)C(=O)Nc1ccc(Cl)cc1F. The van der Waals surface area contributed by atoms with Crippen molar-refractivity contribution in [1.82, 2.24) is 5.32 Å². The van der Waals surface area contributed by atoms with Crippen LogP contribution in [0, 0.1) is 5.82 Å². The number of likely N-dealkylation sites (N-methyl/N-ethyl adjacent to an activating group) is 1. The highest BCUT2D eigenvalue weighted by atomic mass is 35.5. The van der Waals surface area contributed by atoms with Gasteiger partial charge in [-0.1, -0.05) is 11.6 Å². The molecule has 0 spiro atoms. The van der Waals surface area contributed by atoms with Crippen LogP contribution in [0.3, 0.4) is 0 Å². The van der Waals surface area contributed by atoms with E-state index in [1.165, 1.54) is 12.1 Å². The van der Waals surface area contributed by atoms with E-state index in [4.69, 9.17) is 11.6 Å². The minimum Gasteiger partial charge on any atom is -0.322 e. The van der Waals surface area contributed by atoms with E-state index >= 15 is 0 Å². The largest absolute Gasteiger partial charge is 0.322 e. The molecule has 2 N–H and O–H groups in total. The highest BCUT2D eigenvalue weighted by molar-refractivity contribution is 6.30. The van der Waals surface area contributed by atoms with Gasteiger partial charge in [-0.3, -0.25) is 4.79 Å². The fourth-order valence-electron chi connectivity index (χ4n) is 0.963. The molecule has 1 aromatic carbocycles. The van der Waals surface area contributed by atoms with Gasteiger partial charge in [0.05, 0.1) is 11.7 Å². The Bertz CT molecular complexity index is 370. The normalized spacial score (nSPS) is 12.3. The maximum atomic E-state index is 13.3. The Labute approximate surface area is 92.6 Å². The number of anilines is 1. The van der Waals surface area contributed by atoms with Crippen LogP contribution in [-0.4, -0.2) is 19.0 Å². The van der Waals surface area contributed by atoms with Gasteiger partial charge < -0.3 is 10.6 Å². The topological polar surface area (TPSA) is 41.1 Å². The summed E-state index contributed by atoms with van der Waals surface area (Å²) in [7, 11) is 1.66. The Kier molecular flexibility index (Phi) is 4.05. The van der Waals surface area contributed by atoms with Gasteiger partial charge in [-0.05, 0) is 32.2 Å². The summed E-state index contributed by atoms with van der Waals surface area (Å²) in [5.41, 5.74) is 0.131. The van der Waals surface area contributed by atoms with Crippen LogP contribution in [0.2, 0.25) is 5.02 Å². The minimum atomic E-state index is -0.542. The van der Waals surface area contributed by atoms with Gasteiger partial charge >= 0.3 is 0 Å². The first-order valence-corrected chi connectivity index (χ1v) is 4.85. The molecule has 0 fully saturated rings. The Morgan fingerprint density at radius 3 is 2.73 bits per heavy atom. The zero-order valence-electron chi connectivity index (χ0n) is 8.47. The molecular weight excluding hydrogens is 219 g/mol. The summed E-state index contributed by atoms with van der Waals surface area (Å²) in [4.78, 5) is 11.4. The van der Waals surface area contributed by atoms with Crippen molar-refractivity contribution in [2.75, 3.05) is 12.4 Å². The first kappa shape index (κ1) is 11.9. The fraction of sp³-hybridized carbons (Fsp3) is 0.300. The Morgan fingerprint density at radius 1 is 1.53 bits per heavy atom. The van der Waals surface area contributed by atoms with Crippen LogP contribution < -0.4 is 10.6 Å². The maximum Gasteiger partial charge on any atom is 0.241 e. The third-order valence-electron chi connectivity index (χ3n) is 2.02. The third-order valence-corrected chi connectivity index (χ3v) is 2.25. The molecule has 82 valence electrons. The smallest absolute Gasteiger partial charge is 0.241 e. The average Bonchev–Trinajstić information content (AvgIpc) is 2.20. The second-order valence-electron chi connectivity index (χ2n) is 3.12. The number of rotatable bonds is 3. The molecule has 1 amide bonds. The van der Waals surface area contributed by atoms with Crippen molar-refractivity contribution in [3.05, 3.63) is 29.0 Å². The molecular formula is C10H12ClFN2O. The lowest BCUT2D eigenvalue weighted by Gasteiger charge is -2.11. The molecule has 0 radical (unpaired) electrons. The molecule has 3 nitrogen and oxygen atoms in total. The summed E-state index contributed by atoms with van der Waals surface area (Å²) >= 11 is 5.58. The van der Waals surface area contributed by atoms with Crippen molar-refractivity contribution in [3.63, 3.8) is 0 Å². The minimum absolute atomic E-state index is 0.131. The summed E-state index contributed by atoms with van der Waals surface area (Å²) < 4.78 is 13.3. The summed E-state index contributed by atoms with van der Waals surface area (Å²) in [5, 5.41) is 5.51. The van der Waals surface area contributed by atoms with E-state index in [-0.39, 0.29) is 17.6 Å². The van der Waals surface area contributed by atoms with Crippen LogP contribution in [0.4, 0.5) is 10.1 Å². The predicted molar refractivity (Wildman–Crippen MR) is 58.6 cm³/mol. The zero-order valence-corrected chi connectivity index (χ0v) is 9.23. The Hall–Kier alpha value is -1.13. The van der Waals surface area contributed by atoms with E-state index < -0.39 is 5.82 Å². The van der Waals surface area contributed by atoms with Gasteiger partial charge in [0, 0.05) is 5.02 Å². The van der Waals surface area contributed by atoms with Gasteiger partial charge in [-0.2, -0.15) is 0 Å². The predicted octanol–water partition coefficient (Wildman–Crippen LogP) is 2.03. The van der Waals surface area contributed by atoms with Gasteiger partial charge in [0.25, 0.3) is 0 Å². The van der Waals surface area contributed by atoms with Gasteiger partial charge in [0.2, 0.25) is 5.91 Å². The Balaban J connectivity index is 2.77. The van der Waals surface area contributed by atoms with Crippen molar-refractivity contribution < 1.29 is 9.18 Å². The van der Waals surface area contributed by atoms with Gasteiger partial charge in [-0.15, -0.1) is 0 Å². The molecule has 0 saturated carbocycles. The van der Waals surface area contributed by atoms with Crippen LogP contribution in [-0.2, 0) is 4.79 Å². The zero-order chi connectivity index (χ0) is 11.4. The number of nitrogens with one attached hydrogen (secondary N) is 2. The number of carbonyl (C=O) groups excluding carboxylic acids is 1. The molecule has 1 rings (SSSR count). The van der Waals surface area contributed by atoms with Crippen LogP contribution in [0.25, 0.3) is 0 Å². The van der Waals surface area contributed by atoms with Crippen molar-refractivity contribution in [3.8, 4) is 0 Å². The lowest BCUT2D eigenvalue weighted by Crippen LogP contribution is -2.35. The first-order chi connectivity index (χ1) is 7.04. The monoisotopic (exact) mass is 230 g/mol. The molecule has 1 atom stereocenters. The number of halogens is 2. The summed E-state index contributed by atoms with van der Waals surface area (Å²) in [5.74, 6) is -0.835. The van der Waals surface area contributed by atoms with Crippen molar-refractivity contribution in [1.29, 1.82) is 0 Å². The molecule has 1 aromatic rings. The quantitative estimate of drug-likeness (QED) is 0.834. The van der Waals surface area contributed by atoms with E-state index in [1.54, 1.807) is 14.0 Å². The van der Waals surface area contributed by atoms with Crippen LogP contribution in [0.5, 0.6) is 0 Å². The molecule has 0 aliphatic carbocycles. The van der Waals surface area contributed by atoms with E-state index in [0.29, 0.717) is 5.02 Å². The van der Waals surface area contributed by atoms with Crippen molar-refractivity contribution >= 4 is 23.2 Å². The standard InChI is InChI=1S/C10H12ClFN2O/c1-6(13-2)10(15)14-9-4-3-7(11)5-8(9)12/h3-6,13H,1-2H3,(H,14,15). The van der Waals surface area contributed by atoms with Crippen LogP contribution in [0.1, 0.15) is 6.92 Å². The summed E-state index contributed by atoms with van der Waals surface area (Å²) in [6.45, 7) is 1.68. The van der Waals surface area contributed by atoms with E-state index in [2.05, 4.69) is 10.6 Å². The molecule has 0 aliphatic rings. The van der Waals surface area contributed by atoms with Crippen LogP contribution >= 0.6 is 11.6 Å². The molecule has 0 heterocycles. The summed E-state index contributed by atoms with van der Waals surface area (Å²) in [6, 6.07) is 3.73. The van der Waals surface area contributed by atoms with Crippen molar-refractivity contribution in [2.45, 2.75) is 13.0 Å². The maximum absolute atomic E-state index is 13.3.